The van der Waals surface area contributed by atoms with Crippen molar-refractivity contribution in [1.82, 2.24) is 5.32 Å². The molecule has 1 N–H and O–H groups in total. The molecule has 0 aliphatic carbocycles. The van der Waals surface area contributed by atoms with Crippen LogP contribution in [0.25, 0.3) is 0 Å². The number of halogens is 2. The van der Waals surface area contributed by atoms with Gasteiger partial charge in [-0.3, -0.25) is 4.79 Å². The Kier molecular flexibility index (Phi) is 3.17. The summed E-state index contributed by atoms with van der Waals surface area (Å²) in [6.07, 6.45) is 0. The minimum atomic E-state index is -0.647. The lowest BCUT2D eigenvalue weighted by atomic mass is 10.1. The molecule has 0 heterocycles. The maximum Gasteiger partial charge on any atom is 0.217 e. The van der Waals surface area contributed by atoms with E-state index in [0.29, 0.717) is 0 Å². The SMILES string of the molecule is CC(=O)NC(C)c1ccc(F)cc1F. The molecule has 1 atom stereocenters. The van der Waals surface area contributed by atoms with Crippen LogP contribution in [0.4, 0.5) is 8.78 Å². The molecule has 1 aromatic carbocycles. The van der Waals surface area contributed by atoms with Crippen molar-refractivity contribution in [1.29, 1.82) is 0 Å². The summed E-state index contributed by atoms with van der Waals surface area (Å²) in [5.74, 6) is -1.52. The second kappa shape index (κ2) is 4.17. The smallest absolute Gasteiger partial charge is 0.217 e. The molecule has 1 unspecified atom stereocenters. The topological polar surface area (TPSA) is 29.1 Å². The molecule has 4 heteroatoms. The van der Waals surface area contributed by atoms with Gasteiger partial charge in [0.2, 0.25) is 5.91 Å². The molecule has 0 aliphatic rings. The van der Waals surface area contributed by atoms with Crippen molar-refractivity contribution in [3.05, 3.63) is 35.4 Å². The Bertz CT molecular complexity index is 352. The average Bonchev–Trinajstić information content (AvgIpc) is 2.01. The number of benzene rings is 1. The second-order valence-electron chi connectivity index (χ2n) is 3.09. The van der Waals surface area contributed by atoms with Gasteiger partial charge in [0.1, 0.15) is 11.6 Å². The zero-order valence-corrected chi connectivity index (χ0v) is 7.97. The van der Waals surface area contributed by atoms with E-state index in [4.69, 9.17) is 0 Å². The highest BCUT2D eigenvalue weighted by Crippen LogP contribution is 2.17. The van der Waals surface area contributed by atoms with Gasteiger partial charge in [-0.25, -0.2) is 8.78 Å². The zero-order chi connectivity index (χ0) is 10.7. The second-order valence-corrected chi connectivity index (χ2v) is 3.09. The van der Waals surface area contributed by atoms with E-state index in [0.717, 1.165) is 12.1 Å². The maximum absolute atomic E-state index is 13.2. The van der Waals surface area contributed by atoms with E-state index in [1.54, 1.807) is 6.92 Å². The first-order valence-corrected chi connectivity index (χ1v) is 4.22. The predicted octanol–water partition coefficient (Wildman–Crippen LogP) is 2.16. The highest BCUT2D eigenvalue weighted by molar-refractivity contribution is 5.73. The molecule has 0 radical (unpaired) electrons. The molecule has 0 aromatic heterocycles. The van der Waals surface area contributed by atoms with Gasteiger partial charge in [-0.05, 0) is 13.0 Å². The van der Waals surface area contributed by atoms with Crippen molar-refractivity contribution < 1.29 is 13.6 Å². The summed E-state index contributed by atoms with van der Waals surface area (Å²) >= 11 is 0. The van der Waals surface area contributed by atoms with Crippen LogP contribution in [-0.2, 0) is 4.79 Å². The number of carbonyl (C=O) groups is 1. The van der Waals surface area contributed by atoms with E-state index in [9.17, 15) is 13.6 Å². The van der Waals surface area contributed by atoms with Gasteiger partial charge in [0.05, 0.1) is 6.04 Å². The van der Waals surface area contributed by atoms with Crippen molar-refractivity contribution in [2.45, 2.75) is 19.9 Å². The molecule has 76 valence electrons. The summed E-state index contributed by atoms with van der Waals surface area (Å²) in [5, 5.41) is 2.52. The van der Waals surface area contributed by atoms with Crippen LogP contribution in [0.3, 0.4) is 0 Å². The molecule has 0 fully saturated rings. The Balaban J connectivity index is 2.90. The lowest BCUT2D eigenvalue weighted by molar-refractivity contribution is -0.119. The number of amides is 1. The zero-order valence-electron chi connectivity index (χ0n) is 7.97. The quantitative estimate of drug-likeness (QED) is 0.777. The molecule has 0 spiro atoms. The summed E-state index contributed by atoms with van der Waals surface area (Å²) in [6.45, 7) is 2.98. The first kappa shape index (κ1) is 10.6. The Morgan fingerprint density at radius 1 is 1.43 bits per heavy atom. The average molecular weight is 199 g/mol. The lowest BCUT2D eigenvalue weighted by Gasteiger charge is -2.13. The van der Waals surface area contributed by atoms with Crippen LogP contribution in [0.1, 0.15) is 25.5 Å². The number of hydrogen-bond donors (Lipinski definition) is 1. The van der Waals surface area contributed by atoms with Gasteiger partial charge >= 0.3 is 0 Å². The van der Waals surface area contributed by atoms with Crippen LogP contribution in [0.2, 0.25) is 0 Å². The first-order chi connectivity index (χ1) is 6.50. The molecular formula is C10H11F2NO. The van der Waals surface area contributed by atoms with Gasteiger partial charge in [-0.15, -0.1) is 0 Å². The third-order valence-corrected chi connectivity index (χ3v) is 1.85. The summed E-state index contributed by atoms with van der Waals surface area (Å²) in [4.78, 5) is 10.7. The minimum absolute atomic E-state index is 0.249. The standard InChI is InChI=1S/C10H11F2NO/c1-6(13-7(2)14)9-4-3-8(11)5-10(9)12/h3-6H,1-2H3,(H,13,14). The summed E-state index contributed by atoms with van der Waals surface area (Å²) in [6, 6.07) is 2.84. The van der Waals surface area contributed by atoms with Gasteiger partial charge in [0, 0.05) is 18.6 Å². The predicted molar refractivity (Wildman–Crippen MR) is 48.6 cm³/mol. The summed E-state index contributed by atoms with van der Waals surface area (Å²) in [7, 11) is 0. The van der Waals surface area contributed by atoms with Gasteiger partial charge < -0.3 is 5.32 Å². The van der Waals surface area contributed by atoms with Crippen molar-refractivity contribution >= 4 is 5.91 Å². The third-order valence-electron chi connectivity index (χ3n) is 1.85. The minimum Gasteiger partial charge on any atom is -0.350 e. The number of carbonyl (C=O) groups excluding carboxylic acids is 1. The van der Waals surface area contributed by atoms with Gasteiger partial charge in [0.25, 0.3) is 0 Å². The van der Waals surface area contributed by atoms with Gasteiger partial charge in [-0.2, -0.15) is 0 Å². The van der Waals surface area contributed by atoms with E-state index >= 15 is 0 Å². The highest BCUT2D eigenvalue weighted by Gasteiger charge is 2.11. The Hall–Kier alpha value is -1.45. The van der Waals surface area contributed by atoms with Crippen LogP contribution >= 0.6 is 0 Å². The first-order valence-electron chi connectivity index (χ1n) is 4.22. The normalized spacial score (nSPS) is 12.3. The highest BCUT2D eigenvalue weighted by atomic mass is 19.1. The fourth-order valence-corrected chi connectivity index (χ4v) is 1.24. The van der Waals surface area contributed by atoms with Crippen LogP contribution in [0, 0.1) is 11.6 Å². The molecule has 0 saturated heterocycles. The van der Waals surface area contributed by atoms with Crippen LogP contribution in [-0.4, -0.2) is 5.91 Å². The molecule has 1 aromatic rings. The monoisotopic (exact) mass is 199 g/mol. The van der Waals surface area contributed by atoms with Crippen molar-refractivity contribution in [2.24, 2.45) is 0 Å². The van der Waals surface area contributed by atoms with Crippen LogP contribution in [0.15, 0.2) is 18.2 Å². The lowest BCUT2D eigenvalue weighted by Crippen LogP contribution is -2.24. The number of nitrogens with one attached hydrogen (secondary N) is 1. The Morgan fingerprint density at radius 2 is 2.07 bits per heavy atom. The fourth-order valence-electron chi connectivity index (χ4n) is 1.24. The molecule has 0 aliphatic heterocycles. The van der Waals surface area contributed by atoms with E-state index in [2.05, 4.69) is 5.32 Å². The number of hydrogen-bond acceptors (Lipinski definition) is 1. The molecule has 2 nitrogen and oxygen atoms in total. The van der Waals surface area contributed by atoms with E-state index in [1.807, 2.05) is 0 Å². The molecule has 1 rings (SSSR count). The molecular weight excluding hydrogens is 188 g/mol. The summed E-state index contributed by atoms with van der Waals surface area (Å²) < 4.78 is 25.7. The molecule has 14 heavy (non-hydrogen) atoms. The van der Waals surface area contributed by atoms with Crippen molar-refractivity contribution in [3.63, 3.8) is 0 Å². The maximum atomic E-state index is 13.2. The van der Waals surface area contributed by atoms with Gasteiger partial charge in [-0.1, -0.05) is 6.07 Å². The summed E-state index contributed by atoms with van der Waals surface area (Å²) in [5.41, 5.74) is 0.279. The van der Waals surface area contributed by atoms with Gasteiger partial charge in [0.15, 0.2) is 0 Å². The molecule has 1 amide bonds. The molecule has 0 saturated carbocycles. The number of rotatable bonds is 2. The Morgan fingerprint density at radius 3 is 2.57 bits per heavy atom. The fraction of sp³-hybridized carbons (Fsp3) is 0.300. The van der Waals surface area contributed by atoms with E-state index < -0.39 is 17.7 Å². The van der Waals surface area contributed by atoms with E-state index in [-0.39, 0.29) is 11.5 Å². The largest absolute Gasteiger partial charge is 0.350 e. The molecule has 0 bridgehead atoms. The van der Waals surface area contributed by atoms with Crippen LogP contribution < -0.4 is 5.32 Å². The third kappa shape index (κ3) is 2.52. The van der Waals surface area contributed by atoms with Crippen molar-refractivity contribution in [3.8, 4) is 0 Å². The van der Waals surface area contributed by atoms with Crippen LogP contribution in [0.5, 0.6) is 0 Å². The van der Waals surface area contributed by atoms with Crippen molar-refractivity contribution in [2.75, 3.05) is 0 Å². The van der Waals surface area contributed by atoms with E-state index in [1.165, 1.54) is 13.0 Å². The Labute approximate surface area is 80.9 Å².